The molecule has 1 aliphatic carbocycles. The van der Waals surface area contributed by atoms with E-state index in [4.69, 9.17) is 10.5 Å². The van der Waals surface area contributed by atoms with Gasteiger partial charge < -0.3 is 20.9 Å². The molecule has 0 amide bonds. The first-order valence-electron chi connectivity index (χ1n) is 8.35. The van der Waals surface area contributed by atoms with Crippen LogP contribution in [0.25, 0.3) is 0 Å². The summed E-state index contributed by atoms with van der Waals surface area (Å²) >= 11 is 2.40. The van der Waals surface area contributed by atoms with Gasteiger partial charge in [-0.05, 0) is 39.0 Å². The molecule has 0 bridgehead atoms. The summed E-state index contributed by atoms with van der Waals surface area (Å²) in [6.45, 7) is 3.52. The zero-order valence-corrected chi connectivity index (χ0v) is 15.7. The number of nitrogens with two attached hydrogens (primary N) is 1. The molecule has 134 valence electrons. The van der Waals surface area contributed by atoms with Crippen LogP contribution < -0.4 is 5.73 Å². The third-order valence-corrected chi connectivity index (χ3v) is 5.93. The van der Waals surface area contributed by atoms with Gasteiger partial charge in [-0.2, -0.15) is 0 Å². The van der Waals surface area contributed by atoms with E-state index in [0.717, 1.165) is 19.4 Å². The molecule has 5 atom stereocenters. The van der Waals surface area contributed by atoms with Gasteiger partial charge in [-0.25, -0.2) is 0 Å². The van der Waals surface area contributed by atoms with E-state index in [2.05, 4.69) is 22.6 Å². The van der Waals surface area contributed by atoms with Gasteiger partial charge in [-0.1, -0.05) is 22.6 Å². The van der Waals surface area contributed by atoms with Crippen molar-refractivity contribution in [1.29, 1.82) is 0 Å². The Kier molecular flexibility index (Phi) is 7.64. The van der Waals surface area contributed by atoms with E-state index < -0.39 is 6.04 Å². The molecule has 23 heavy (non-hydrogen) atoms. The summed E-state index contributed by atoms with van der Waals surface area (Å²) in [5, 5.41) is 20.7. The SMILES string of the molecule is CCOC1CCC(C(=O)CN2CC(I)CCC2N)CC1N([O-])O. The molecule has 1 heterocycles. The quantitative estimate of drug-likeness (QED) is 0.367. The molecule has 1 aliphatic heterocycles. The Morgan fingerprint density at radius 2 is 2.17 bits per heavy atom. The van der Waals surface area contributed by atoms with Crippen LogP contribution in [-0.4, -0.2) is 63.0 Å². The van der Waals surface area contributed by atoms with Crippen LogP contribution in [-0.2, 0) is 9.53 Å². The fourth-order valence-electron chi connectivity index (χ4n) is 3.58. The summed E-state index contributed by atoms with van der Waals surface area (Å²) < 4.78 is 6.05. The van der Waals surface area contributed by atoms with Crippen LogP contribution in [0, 0.1) is 11.1 Å². The number of carbonyl (C=O) groups is 1. The predicted molar refractivity (Wildman–Crippen MR) is 95.1 cm³/mol. The van der Waals surface area contributed by atoms with Crippen molar-refractivity contribution in [3.8, 4) is 0 Å². The summed E-state index contributed by atoms with van der Waals surface area (Å²) in [6, 6.07) is -0.662. The highest BCUT2D eigenvalue weighted by atomic mass is 127. The number of likely N-dealkylation sites (tertiary alicyclic amines) is 1. The summed E-state index contributed by atoms with van der Waals surface area (Å²) in [5.41, 5.74) is 6.11. The van der Waals surface area contributed by atoms with Crippen LogP contribution in [0.3, 0.4) is 0 Å². The largest absolute Gasteiger partial charge is 0.762 e. The summed E-state index contributed by atoms with van der Waals surface area (Å²) in [4.78, 5) is 14.7. The van der Waals surface area contributed by atoms with E-state index in [0.29, 0.717) is 36.3 Å². The molecule has 2 fully saturated rings. The van der Waals surface area contributed by atoms with Crippen molar-refractivity contribution in [3.63, 3.8) is 0 Å². The van der Waals surface area contributed by atoms with Crippen LogP contribution in [0.2, 0.25) is 0 Å². The van der Waals surface area contributed by atoms with E-state index in [1.54, 1.807) is 0 Å². The number of ketones is 1. The van der Waals surface area contributed by atoms with Gasteiger partial charge in [-0.15, -0.1) is 0 Å². The van der Waals surface area contributed by atoms with E-state index in [9.17, 15) is 15.2 Å². The Morgan fingerprint density at radius 1 is 1.43 bits per heavy atom. The monoisotopic (exact) mass is 440 g/mol. The minimum Gasteiger partial charge on any atom is -0.762 e. The Labute approximate surface area is 151 Å². The lowest BCUT2D eigenvalue weighted by Crippen LogP contribution is -2.52. The predicted octanol–water partition coefficient (Wildman–Crippen LogP) is 1.50. The highest BCUT2D eigenvalue weighted by molar-refractivity contribution is 14.1. The molecular weight excluding hydrogens is 413 g/mol. The molecule has 2 aliphatic rings. The van der Waals surface area contributed by atoms with Gasteiger partial charge in [0.2, 0.25) is 0 Å². The number of carbonyl (C=O) groups excluding carboxylic acids is 1. The van der Waals surface area contributed by atoms with E-state index >= 15 is 0 Å². The third kappa shape index (κ3) is 5.32. The zero-order valence-electron chi connectivity index (χ0n) is 13.6. The third-order valence-electron chi connectivity index (χ3n) is 4.91. The maximum absolute atomic E-state index is 12.6. The van der Waals surface area contributed by atoms with Crippen LogP contribution >= 0.6 is 22.6 Å². The second-order valence-corrected chi connectivity index (χ2v) is 8.27. The highest BCUT2D eigenvalue weighted by Crippen LogP contribution is 2.30. The van der Waals surface area contributed by atoms with Gasteiger partial charge in [0.25, 0.3) is 0 Å². The van der Waals surface area contributed by atoms with Gasteiger partial charge in [-0.3, -0.25) is 14.9 Å². The Bertz CT molecular complexity index is 399. The molecule has 0 aromatic heterocycles. The molecule has 0 radical (unpaired) electrons. The normalized spacial score (nSPS) is 36.3. The number of halogens is 1. The Morgan fingerprint density at radius 3 is 2.83 bits per heavy atom. The van der Waals surface area contributed by atoms with Gasteiger partial charge >= 0.3 is 0 Å². The minimum atomic E-state index is -0.662. The number of hydroxylamine groups is 2. The first-order chi connectivity index (χ1) is 10.9. The summed E-state index contributed by atoms with van der Waals surface area (Å²) in [5.74, 6) is -0.0881. The average molecular weight is 440 g/mol. The van der Waals surface area contributed by atoms with Crippen molar-refractivity contribution in [2.75, 3.05) is 19.7 Å². The van der Waals surface area contributed by atoms with Crippen LogP contribution in [0.15, 0.2) is 0 Å². The van der Waals surface area contributed by atoms with Gasteiger partial charge in [0, 0.05) is 29.0 Å². The van der Waals surface area contributed by atoms with Crippen molar-refractivity contribution in [1.82, 2.24) is 10.1 Å². The van der Waals surface area contributed by atoms with Crippen molar-refractivity contribution in [2.45, 2.75) is 61.3 Å². The second-order valence-electron chi connectivity index (χ2n) is 6.51. The van der Waals surface area contributed by atoms with Crippen LogP contribution in [0.1, 0.15) is 39.0 Å². The smallest absolute Gasteiger partial charge is 0.150 e. The Balaban J connectivity index is 1.92. The Hall–Kier alpha value is 0.160. The van der Waals surface area contributed by atoms with E-state index in [1.807, 2.05) is 11.8 Å². The number of rotatable bonds is 6. The maximum Gasteiger partial charge on any atom is 0.150 e. The number of Topliss-reactive ketones (excluding diaryl/α,β-unsaturated/α-hetero) is 1. The molecule has 1 saturated carbocycles. The van der Waals surface area contributed by atoms with Crippen molar-refractivity contribution < 1.29 is 14.7 Å². The number of alkyl halides is 1. The molecule has 7 nitrogen and oxygen atoms in total. The van der Waals surface area contributed by atoms with Crippen molar-refractivity contribution in [3.05, 3.63) is 5.21 Å². The number of nitrogens with zero attached hydrogens (tertiary/aromatic N) is 2. The molecule has 0 aromatic carbocycles. The number of ether oxygens (including phenoxy) is 1. The topological polar surface area (TPSA) is 102 Å². The maximum atomic E-state index is 12.6. The molecule has 1 saturated heterocycles. The zero-order chi connectivity index (χ0) is 17.0. The van der Waals surface area contributed by atoms with Gasteiger partial charge in [0.15, 0.2) is 0 Å². The molecule has 3 N–H and O–H groups in total. The highest BCUT2D eigenvalue weighted by Gasteiger charge is 2.36. The summed E-state index contributed by atoms with van der Waals surface area (Å²) in [6.07, 6.45) is 3.30. The minimum absolute atomic E-state index is 0.0345. The van der Waals surface area contributed by atoms with Crippen molar-refractivity contribution in [2.24, 2.45) is 11.7 Å². The lowest BCUT2D eigenvalue weighted by molar-refractivity contribution is -0.152. The first-order valence-corrected chi connectivity index (χ1v) is 9.60. The van der Waals surface area contributed by atoms with E-state index in [1.165, 1.54) is 0 Å². The number of hydrogen-bond acceptors (Lipinski definition) is 7. The fraction of sp³-hybridized carbons (Fsp3) is 0.933. The van der Waals surface area contributed by atoms with Crippen molar-refractivity contribution >= 4 is 28.4 Å². The average Bonchev–Trinajstić information content (AvgIpc) is 2.51. The first kappa shape index (κ1) is 19.5. The molecule has 2 rings (SSSR count). The number of piperidine rings is 1. The summed E-state index contributed by atoms with van der Waals surface area (Å²) in [7, 11) is 0. The molecule has 0 aromatic rings. The second kappa shape index (κ2) is 9.02. The van der Waals surface area contributed by atoms with Crippen LogP contribution in [0.4, 0.5) is 0 Å². The molecule has 0 spiro atoms. The van der Waals surface area contributed by atoms with Crippen LogP contribution in [0.5, 0.6) is 0 Å². The standard InChI is InChI=1S/C15H27IN3O4/c1-2-23-14-5-3-10(7-12(14)19(21)22)13(20)9-18-8-11(16)4-6-15(18)17/h10-12,14-15,21H,2-9,17H2,1H3/q-1. The van der Waals surface area contributed by atoms with Gasteiger partial charge in [0.05, 0.1) is 18.8 Å². The lowest BCUT2D eigenvalue weighted by atomic mass is 9.81. The lowest BCUT2D eigenvalue weighted by Gasteiger charge is -2.42. The fourth-order valence-corrected chi connectivity index (χ4v) is 4.44. The molecular formula is C15H27IN3O4-. The van der Waals surface area contributed by atoms with Gasteiger partial charge in [0.1, 0.15) is 5.78 Å². The number of hydrogen-bond donors (Lipinski definition) is 2. The molecule has 8 heteroatoms. The molecule has 5 unspecified atom stereocenters. The van der Waals surface area contributed by atoms with E-state index in [-0.39, 0.29) is 29.2 Å².